The summed E-state index contributed by atoms with van der Waals surface area (Å²) in [5, 5.41) is 8.67. The number of carbonyl (C=O) groups is 1. The van der Waals surface area contributed by atoms with Crippen molar-refractivity contribution in [2.45, 2.75) is 19.9 Å². The van der Waals surface area contributed by atoms with Crippen LogP contribution >= 0.6 is 0 Å². The number of hydrogen-bond acceptors (Lipinski definition) is 4. The van der Waals surface area contributed by atoms with E-state index < -0.39 is 0 Å². The molecule has 0 fully saturated rings. The van der Waals surface area contributed by atoms with E-state index in [1.807, 2.05) is 18.2 Å². The summed E-state index contributed by atoms with van der Waals surface area (Å²) in [5.41, 5.74) is 1.89. The standard InChI is InChI=1S/C15H17N3O3/c1-3-10-4-6-13(21-2)11(8-10)9-16-15(20)12-5-7-14(19)18-17-12/h4-8H,3,9H2,1-2H3,(H,16,20)(H,18,19). The third-order valence-corrected chi connectivity index (χ3v) is 3.10. The lowest BCUT2D eigenvalue weighted by Crippen LogP contribution is -2.25. The summed E-state index contributed by atoms with van der Waals surface area (Å²) in [5.74, 6) is 0.372. The topological polar surface area (TPSA) is 84.1 Å². The molecule has 6 nitrogen and oxygen atoms in total. The number of aryl methyl sites for hydroxylation is 1. The smallest absolute Gasteiger partial charge is 0.271 e. The number of rotatable bonds is 5. The highest BCUT2D eigenvalue weighted by Gasteiger charge is 2.09. The summed E-state index contributed by atoms with van der Waals surface area (Å²) < 4.78 is 5.28. The first-order valence-electron chi connectivity index (χ1n) is 6.63. The van der Waals surface area contributed by atoms with Crippen molar-refractivity contribution < 1.29 is 9.53 Å². The Morgan fingerprint density at radius 1 is 1.33 bits per heavy atom. The number of aromatic nitrogens is 2. The summed E-state index contributed by atoms with van der Waals surface area (Å²) in [4.78, 5) is 22.9. The summed E-state index contributed by atoms with van der Waals surface area (Å²) in [7, 11) is 1.59. The second-order valence-electron chi connectivity index (χ2n) is 4.49. The molecule has 6 heteroatoms. The number of aromatic amines is 1. The number of H-pyrrole nitrogens is 1. The highest BCUT2D eigenvalue weighted by Crippen LogP contribution is 2.20. The summed E-state index contributed by atoms with van der Waals surface area (Å²) >= 11 is 0. The molecular formula is C15H17N3O3. The van der Waals surface area contributed by atoms with Gasteiger partial charge in [0.2, 0.25) is 0 Å². The molecule has 0 atom stereocenters. The Kier molecular flexibility index (Phi) is 4.71. The third-order valence-electron chi connectivity index (χ3n) is 3.10. The Labute approximate surface area is 122 Å². The number of nitrogens with zero attached hydrogens (tertiary/aromatic N) is 1. The maximum atomic E-state index is 11.9. The van der Waals surface area contributed by atoms with Crippen LogP contribution in [0.5, 0.6) is 5.75 Å². The Hall–Kier alpha value is -2.63. The summed E-state index contributed by atoms with van der Waals surface area (Å²) in [6, 6.07) is 8.53. The molecule has 2 N–H and O–H groups in total. The molecule has 1 aromatic carbocycles. The minimum Gasteiger partial charge on any atom is -0.496 e. The number of methoxy groups -OCH3 is 1. The van der Waals surface area contributed by atoms with Crippen LogP contribution < -0.4 is 15.6 Å². The average molecular weight is 287 g/mol. The number of carbonyl (C=O) groups excluding carboxylic acids is 1. The highest BCUT2D eigenvalue weighted by molar-refractivity contribution is 5.91. The van der Waals surface area contributed by atoms with Crippen LogP contribution in [0.2, 0.25) is 0 Å². The van der Waals surface area contributed by atoms with Crippen LogP contribution in [0.15, 0.2) is 35.1 Å². The predicted molar refractivity (Wildman–Crippen MR) is 78.4 cm³/mol. The first-order valence-corrected chi connectivity index (χ1v) is 6.63. The average Bonchev–Trinajstić information content (AvgIpc) is 2.52. The minimum absolute atomic E-state index is 0.167. The molecule has 0 saturated heterocycles. The van der Waals surface area contributed by atoms with Crippen LogP contribution in [0.1, 0.15) is 28.5 Å². The molecule has 0 aliphatic carbocycles. The SMILES string of the molecule is CCc1ccc(OC)c(CNC(=O)c2ccc(=O)[nH]n2)c1. The van der Waals surface area contributed by atoms with Crippen molar-refractivity contribution in [2.75, 3.05) is 7.11 Å². The van der Waals surface area contributed by atoms with Gasteiger partial charge < -0.3 is 10.1 Å². The quantitative estimate of drug-likeness (QED) is 0.867. The molecule has 2 rings (SSSR count). The molecule has 110 valence electrons. The zero-order valence-corrected chi connectivity index (χ0v) is 12.0. The molecule has 1 heterocycles. The van der Waals surface area contributed by atoms with Crippen LogP contribution in [0.3, 0.4) is 0 Å². The number of hydrogen-bond donors (Lipinski definition) is 2. The van der Waals surface area contributed by atoms with E-state index in [2.05, 4.69) is 22.4 Å². The van der Waals surface area contributed by atoms with E-state index in [0.29, 0.717) is 6.54 Å². The zero-order valence-electron chi connectivity index (χ0n) is 12.0. The molecule has 0 bridgehead atoms. The third kappa shape index (κ3) is 3.68. The van der Waals surface area contributed by atoms with Crippen LogP contribution in [0.25, 0.3) is 0 Å². The molecule has 2 aromatic rings. The van der Waals surface area contributed by atoms with Crippen LogP contribution in [0.4, 0.5) is 0 Å². The normalized spacial score (nSPS) is 10.2. The Balaban J connectivity index is 2.10. The summed E-state index contributed by atoms with van der Waals surface area (Å²) in [6.45, 7) is 2.39. The van der Waals surface area contributed by atoms with Crippen molar-refractivity contribution in [2.24, 2.45) is 0 Å². The van der Waals surface area contributed by atoms with Crippen molar-refractivity contribution >= 4 is 5.91 Å². The van der Waals surface area contributed by atoms with Gasteiger partial charge >= 0.3 is 0 Å². The van der Waals surface area contributed by atoms with Crippen LogP contribution in [-0.2, 0) is 13.0 Å². The molecular weight excluding hydrogens is 270 g/mol. The van der Waals surface area contributed by atoms with E-state index in [0.717, 1.165) is 17.7 Å². The van der Waals surface area contributed by atoms with Crippen molar-refractivity contribution in [3.63, 3.8) is 0 Å². The van der Waals surface area contributed by atoms with E-state index in [-0.39, 0.29) is 17.2 Å². The number of ether oxygens (including phenoxy) is 1. The molecule has 0 aliphatic rings. The van der Waals surface area contributed by atoms with E-state index in [4.69, 9.17) is 4.74 Å². The molecule has 21 heavy (non-hydrogen) atoms. The highest BCUT2D eigenvalue weighted by atomic mass is 16.5. The van der Waals surface area contributed by atoms with E-state index >= 15 is 0 Å². The molecule has 0 unspecified atom stereocenters. The van der Waals surface area contributed by atoms with Gasteiger partial charge in [-0.25, -0.2) is 5.10 Å². The minimum atomic E-state index is -0.352. The monoisotopic (exact) mass is 287 g/mol. The maximum absolute atomic E-state index is 11.9. The fraction of sp³-hybridized carbons (Fsp3) is 0.267. The maximum Gasteiger partial charge on any atom is 0.271 e. The fourth-order valence-electron chi connectivity index (χ4n) is 1.93. The largest absolute Gasteiger partial charge is 0.496 e. The van der Waals surface area contributed by atoms with Gasteiger partial charge in [0.05, 0.1) is 7.11 Å². The molecule has 1 amide bonds. The first-order chi connectivity index (χ1) is 10.1. The summed E-state index contributed by atoms with van der Waals surface area (Å²) in [6.07, 6.45) is 0.909. The van der Waals surface area contributed by atoms with Gasteiger partial charge in [0.25, 0.3) is 11.5 Å². The Morgan fingerprint density at radius 2 is 2.14 bits per heavy atom. The van der Waals surface area contributed by atoms with Gasteiger partial charge in [0.1, 0.15) is 11.4 Å². The van der Waals surface area contributed by atoms with Gasteiger partial charge in [-0.2, -0.15) is 5.10 Å². The van der Waals surface area contributed by atoms with Crippen molar-refractivity contribution in [3.8, 4) is 5.75 Å². The van der Waals surface area contributed by atoms with Gasteiger partial charge in [-0.1, -0.05) is 19.1 Å². The van der Waals surface area contributed by atoms with E-state index in [9.17, 15) is 9.59 Å². The fourth-order valence-corrected chi connectivity index (χ4v) is 1.93. The lowest BCUT2D eigenvalue weighted by molar-refractivity contribution is 0.0944. The lowest BCUT2D eigenvalue weighted by atomic mass is 10.1. The number of nitrogens with one attached hydrogen (secondary N) is 2. The van der Waals surface area contributed by atoms with Gasteiger partial charge in [0, 0.05) is 18.2 Å². The number of amides is 1. The van der Waals surface area contributed by atoms with Gasteiger partial charge in [-0.05, 0) is 24.1 Å². The molecule has 0 radical (unpaired) electrons. The van der Waals surface area contributed by atoms with Gasteiger partial charge in [0.15, 0.2) is 0 Å². The zero-order chi connectivity index (χ0) is 15.2. The van der Waals surface area contributed by atoms with Crippen LogP contribution in [0, 0.1) is 0 Å². The van der Waals surface area contributed by atoms with Gasteiger partial charge in [-0.3, -0.25) is 9.59 Å². The lowest BCUT2D eigenvalue weighted by Gasteiger charge is -2.11. The predicted octanol–water partition coefficient (Wildman–Crippen LogP) is 1.27. The second kappa shape index (κ2) is 6.69. The van der Waals surface area contributed by atoms with E-state index in [1.165, 1.54) is 17.7 Å². The van der Waals surface area contributed by atoms with Crippen molar-refractivity contribution in [3.05, 3.63) is 57.5 Å². The van der Waals surface area contributed by atoms with E-state index in [1.54, 1.807) is 7.11 Å². The molecule has 0 saturated carbocycles. The second-order valence-corrected chi connectivity index (χ2v) is 4.49. The molecule has 0 spiro atoms. The van der Waals surface area contributed by atoms with Gasteiger partial charge in [-0.15, -0.1) is 0 Å². The molecule has 1 aromatic heterocycles. The Morgan fingerprint density at radius 3 is 2.76 bits per heavy atom. The van der Waals surface area contributed by atoms with Crippen LogP contribution in [-0.4, -0.2) is 23.2 Å². The van der Waals surface area contributed by atoms with Crippen molar-refractivity contribution in [1.82, 2.24) is 15.5 Å². The Bertz CT molecular complexity index is 674. The molecule has 0 aliphatic heterocycles. The van der Waals surface area contributed by atoms with Crippen molar-refractivity contribution in [1.29, 1.82) is 0 Å². The first kappa shape index (κ1) is 14.8. The number of benzene rings is 1.